The maximum absolute atomic E-state index is 12.7. The minimum Gasteiger partial charge on any atom is -0.490 e. The van der Waals surface area contributed by atoms with Crippen molar-refractivity contribution in [2.45, 2.75) is 72.4 Å². The van der Waals surface area contributed by atoms with Crippen molar-refractivity contribution in [1.29, 1.82) is 0 Å². The predicted octanol–water partition coefficient (Wildman–Crippen LogP) is 4.97. The summed E-state index contributed by atoms with van der Waals surface area (Å²) in [7, 11) is 0. The molecule has 0 aliphatic carbocycles. The van der Waals surface area contributed by atoms with E-state index in [0.29, 0.717) is 6.61 Å². The zero-order chi connectivity index (χ0) is 31.3. The van der Waals surface area contributed by atoms with Crippen LogP contribution in [-0.2, 0) is 23.8 Å². The Morgan fingerprint density at radius 1 is 0.857 bits per heavy atom. The first-order chi connectivity index (χ1) is 19.8. The third-order valence-electron chi connectivity index (χ3n) is 5.22. The number of alkyl carbamates (subject to hydrolysis) is 1. The number of nitrogens with one attached hydrogen (secondary N) is 1. The summed E-state index contributed by atoms with van der Waals surface area (Å²) in [5.74, 6) is -3.08. The minimum absolute atomic E-state index is 0.00213. The van der Waals surface area contributed by atoms with E-state index in [0.717, 1.165) is 19.3 Å². The fraction of sp³-hybridized carbons (Fsp3) is 0.433. The molecule has 12 heteroatoms. The van der Waals surface area contributed by atoms with Gasteiger partial charge in [-0.05, 0) is 64.4 Å². The summed E-state index contributed by atoms with van der Waals surface area (Å²) in [5.41, 5.74) is -0.818. The number of unbranched alkanes of at least 4 members (excludes halogenated alkanes) is 2. The number of para-hydroxylation sites is 1. The average molecular weight is 588 g/mol. The highest BCUT2D eigenvalue weighted by Gasteiger charge is 2.24. The Balaban J connectivity index is 2.10. The second-order valence-corrected chi connectivity index (χ2v) is 10.1. The van der Waals surface area contributed by atoms with Crippen LogP contribution in [0.1, 0.15) is 81.5 Å². The van der Waals surface area contributed by atoms with E-state index in [2.05, 4.69) is 5.32 Å². The standard InChI is InChI=1S/C30H37NO11/c1-7-8-11-16-37-24-15-14-21(17-25(24)41-26(33)19(2)31-29(36)42-30(4,5)6)27(34)38-18-39-28(35)22-12-9-10-13-23(22)40-20(3)32/h9-10,12-15,17,19H,7-8,11,16,18H2,1-6H3,(H,31,36). The number of esters is 4. The highest BCUT2D eigenvalue weighted by molar-refractivity contribution is 5.94. The largest absolute Gasteiger partial charge is 0.490 e. The van der Waals surface area contributed by atoms with E-state index in [1.54, 1.807) is 32.9 Å². The van der Waals surface area contributed by atoms with Crippen LogP contribution in [0.25, 0.3) is 0 Å². The van der Waals surface area contributed by atoms with Gasteiger partial charge in [-0.25, -0.2) is 19.2 Å². The number of ether oxygens (including phenoxy) is 6. The molecule has 0 fully saturated rings. The maximum Gasteiger partial charge on any atom is 0.408 e. The summed E-state index contributed by atoms with van der Waals surface area (Å²) in [6, 6.07) is 8.93. The van der Waals surface area contributed by atoms with Gasteiger partial charge >= 0.3 is 30.0 Å². The van der Waals surface area contributed by atoms with Crippen LogP contribution in [0.3, 0.4) is 0 Å². The summed E-state index contributed by atoms with van der Waals surface area (Å²) in [6.07, 6.45) is 1.87. The fourth-order valence-corrected chi connectivity index (χ4v) is 3.28. The molecule has 0 aliphatic heterocycles. The van der Waals surface area contributed by atoms with E-state index in [4.69, 9.17) is 28.4 Å². The highest BCUT2D eigenvalue weighted by atomic mass is 16.7. The molecule has 2 rings (SSSR count). The van der Waals surface area contributed by atoms with Crippen molar-refractivity contribution in [1.82, 2.24) is 5.32 Å². The molecule has 0 bridgehead atoms. The lowest BCUT2D eigenvalue weighted by atomic mass is 10.2. The normalized spacial score (nSPS) is 11.5. The molecular formula is C30H37NO11. The minimum atomic E-state index is -1.09. The van der Waals surface area contributed by atoms with Gasteiger partial charge in [0.2, 0.25) is 6.79 Å². The summed E-state index contributed by atoms with van der Waals surface area (Å²) in [4.78, 5) is 61.2. The van der Waals surface area contributed by atoms with Gasteiger partial charge in [-0.3, -0.25) is 4.79 Å². The van der Waals surface area contributed by atoms with Gasteiger partial charge in [-0.15, -0.1) is 0 Å². The van der Waals surface area contributed by atoms with Crippen LogP contribution in [-0.4, -0.2) is 55.0 Å². The molecule has 0 aliphatic rings. The van der Waals surface area contributed by atoms with Crippen LogP contribution in [0, 0.1) is 0 Å². The van der Waals surface area contributed by atoms with E-state index in [9.17, 15) is 24.0 Å². The van der Waals surface area contributed by atoms with Gasteiger partial charge in [0.05, 0.1) is 12.2 Å². The quantitative estimate of drug-likeness (QED) is 0.146. The molecule has 1 N–H and O–H groups in total. The lowest BCUT2D eigenvalue weighted by molar-refractivity contribution is -0.136. The lowest BCUT2D eigenvalue weighted by Gasteiger charge is -2.21. The fourth-order valence-electron chi connectivity index (χ4n) is 3.28. The molecule has 2 aromatic rings. The maximum atomic E-state index is 12.7. The highest BCUT2D eigenvalue weighted by Crippen LogP contribution is 2.30. The molecule has 1 amide bonds. The molecule has 1 atom stereocenters. The first kappa shape index (κ1) is 33.6. The van der Waals surface area contributed by atoms with Crippen LogP contribution < -0.4 is 19.5 Å². The number of carbonyl (C=O) groups excluding carboxylic acids is 5. The van der Waals surface area contributed by atoms with Gasteiger partial charge in [0.25, 0.3) is 0 Å². The van der Waals surface area contributed by atoms with Crippen molar-refractivity contribution >= 4 is 30.0 Å². The van der Waals surface area contributed by atoms with Gasteiger partial charge in [0.15, 0.2) is 11.5 Å². The molecule has 1 unspecified atom stereocenters. The first-order valence-corrected chi connectivity index (χ1v) is 13.4. The summed E-state index contributed by atoms with van der Waals surface area (Å²) in [6.45, 7) is 9.31. The molecule has 0 saturated carbocycles. The Labute approximate surface area is 244 Å². The molecule has 228 valence electrons. The Morgan fingerprint density at radius 3 is 2.21 bits per heavy atom. The van der Waals surface area contributed by atoms with E-state index in [-0.39, 0.29) is 28.4 Å². The smallest absolute Gasteiger partial charge is 0.408 e. The molecule has 0 radical (unpaired) electrons. The van der Waals surface area contributed by atoms with E-state index < -0.39 is 48.4 Å². The number of rotatable bonds is 13. The monoisotopic (exact) mass is 587 g/mol. The van der Waals surface area contributed by atoms with Crippen LogP contribution >= 0.6 is 0 Å². The zero-order valence-corrected chi connectivity index (χ0v) is 24.6. The van der Waals surface area contributed by atoms with E-state index in [1.165, 1.54) is 44.2 Å². The van der Waals surface area contributed by atoms with Crippen molar-refractivity contribution in [3.8, 4) is 17.2 Å². The summed E-state index contributed by atoms with van der Waals surface area (Å²) < 4.78 is 31.4. The molecule has 12 nitrogen and oxygen atoms in total. The third kappa shape index (κ3) is 11.5. The van der Waals surface area contributed by atoms with Gasteiger partial charge in [0.1, 0.15) is 23.0 Å². The molecule has 0 aromatic heterocycles. The molecule has 0 saturated heterocycles. The molecule has 2 aromatic carbocycles. The van der Waals surface area contributed by atoms with Crippen molar-refractivity contribution < 1.29 is 52.4 Å². The van der Waals surface area contributed by atoms with E-state index in [1.807, 2.05) is 6.92 Å². The van der Waals surface area contributed by atoms with Gasteiger partial charge < -0.3 is 33.7 Å². The summed E-state index contributed by atoms with van der Waals surface area (Å²) in [5, 5.41) is 2.40. The second kappa shape index (κ2) is 16.0. The van der Waals surface area contributed by atoms with Crippen molar-refractivity contribution in [2.24, 2.45) is 0 Å². The molecular weight excluding hydrogens is 550 g/mol. The van der Waals surface area contributed by atoms with Crippen LogP contribution in [0.15, 0.2) is 42.5 Å². The third-order valence-corrected chi connectivity index (χ3v) is 5.22. The topological polar surface area (TPSA) is 153 Å². The number of hydrogen-bond acceptors (Lipinski definition) is 11. The first-order valence-electron chi connectivity index (χ1n) is 13.4. The van der Waals surface area contributed by atoms with Gasteiger partial charge in [-0.1, -0.05) is 31.9 Å². The molecule has 0 heterocycles. The van der Waals surface area contributed by atoms with Gasteiger partial charge in [-0.2, -0.15) is 0 Å². The molecule has 0 spiro atoms. The average Bonchev–Trinajstić information content (AvgIpc) is 2.90. The Morgan fingerprint density at radius 2 is 1.55 bits per heavy atom. The Kier molecular flexibility index (Phi) is 12.8. The zero-order valence-electron chi connectivity index (χ0n) is 24.6. The van der Waals surface area contributed by atoms with Crippen molar-refractivity contribution in [3.05, 3.63) is 53.6 Å². The summed E-state index contributed by atoms with van der Waals surface area (Å²) >= 11 is 0. The van der Waals surface area contributed by atoms with Crippen LogP contribution in [0.2, 0.25) is 0 Å². The Hall–Kier alpha value is -4.61. The number of carbonyl (C=O) groups is 5. The second-order valence-electron chi connectivity index (χ2n) is 10.1. The Bertz CT molecular complexity index is 1270. The van der Waals surface area contributed by atoms with Crippen molar-refractivity contribution in [3.63, 3.8) is 0 Å². The van der Waals surface area contributed by atoms with E-state index >= 15 is 0 Å². The van der Waals surface area contributed by atoms with Crippen molar-refractivity contribution in [2.75, 3.05) is 13.4 Å². The number of benzene rings is 2. The van der Waals surface area contributed by atoms with Crippen LogP contribution in [0.4, 0.5) is 4.79 Å². The van der Waals surface area contributed by atoms with Gasteiger partial charge in [0, 0.05) is 6.92 Å². The lowest BCUT2D eigenvalue weighted by Crippen LogP contribution is -2.43. The number of amides is 1. The molecule has 42 heavy (non-hydrogen) atoms. The predicted molar refractivity (Wildman–Crippen MR) is 149 cm³/mol. The van der Waals surface area contributed by atoms with Crippen LogP contribution in [0.5, 0.6) is 17.2 Å². The SMILES string of the molecule is CCCCCOc1ccc(C(=O)OCOC(=O)c2ccccc2OC(C)=O)cc1OC(=O)C(C)NC(=O)OC(C)(C)C. The number of hydrogen-bond donors (Lipinski definition) is 1.